The molecule has 1 heterocycles. The SMILES string of the molecule is CC(CCl)CS(=O)(=O)c1ncccc1F. The van der Waals surface area contributed by atoms with Gasteiger partial charge in [-0.3, -0.25) is 0 Å². The van der Waals surface area contributed by atoms with E-state index in [-0.39, 0.29) is 17.6 Å². The van der Waals surface area contributed by atoms with E-state index in [0.29, 0.717) is 0 Å². The van der Waals surface area contributed by atoms with E-state index in [4.69, 9.17) is 11.6 Å². The molecule has 0 saturated carbocycles. The van der Waals surface area contributed by atoms with Crippen LogP contribution >= 0.6 is 11.6 Å². The van der Waals surface area contributed by atoms with Crippen molar-refractivity contribution in [1.29, 1.82) is 0 Å². The molecule has 1 aromatic rings. The van der Waals surface area contributed by atoms with Crippen LogP contribution in [-0.4, -0.2) is 25.0 Å². The first kappa shape index (κ1) is 12.4. The molecule has 3 nitrogen and oxygen atoms in total. The molecule has 1 unspecified atom stereocenters. The van der Waals surface area contributed by atoms with E-state index in [9.17, 15) is 12.8 Å². The number of pyridine rings is 1. The molecule has 0 radical (unpaired) electrons. The zero-order valence-electron chi connectivity index (χ0n) is 8.15. The van der Waals surface area contributed by atoms with Crippen LogP contribution in [0.3, 0.4) is 0 Å². The Labute approximate surface area is 93.2 Å². The Morgan fingerprint density at radius 3 is 2.80 bits per heavy atom. The molecule has 15 heavy (non-hydrogen) atoms. The molecule has 84 valence electrons. The second-order valence-electron chi connectivity index (χ2n) is 3.33. The van der Waals surface area contributed by atoms with E-state index < -0.39 is 20.7 Å². The zero-order chi connectivity index (χ0) is 11.5. The van der Waals surface area contributed by atoms with Crippen molar-refractivity contribution in [2.45, 2.75) is 11.9 Å². The van der Waals surface area contributed by atoms with Crippen molar-refractivity contribution in [3.05, 3.63) is 24.1 Å². The number of hydrogen-bond donors (Lipinski definition) is 0. The number of aromatic nitrogens is 1. The Morgan fingerprint density at radius 2 is 2.27 bits per heavy atom. The van der Waals surface area contributed by atoms with Crippen molar-refractivity contribution >= 4 is 21.4 Å². The molecular weight excluding hydrogens is 241 g/mol. The molecule has 0 aliphatic carbocycles. The Hall–Kier alpha value is -0.680. The minimum absolute atomic E-state index is 0.190. The average Bonchev–Trinajstić information content (AvgIpc) is 2.17. The fourth-order valence-electron chi connectivity index (χ4n) is 1.10. The molecule has 1 rings (SSSR count). The molecule has 0 spiro atoms. The monoisotopic (exact) mass is 251 g/mol. The van der Waals surface area contributed by atoms with Gasteiger partial charge in [0.2, 0.25) is 0 Å². The average molecular weight is 252 g/mol. The molecule has 1 aromatic heterocycles. The molecule has 0 amide bonds. The zero-order valence-corrected chi connectivity index (χ0v) is 9.72. The summed E-state index contributed by atoms with van der Waals surface area (Å²) < 4.78 is 36.5. The first-order chi connectivity index (χ1) is 6.97. The smallest absolute Gasteiger partial charge is 0.198 e. The Morgan fingerprint density at radius 1 is 1.60 bits per heavy atom. The minimum atomic E-state index is -3.67. The second-order valence-corrected chi connectivity index (χ2v) is 5.59. The van der Waals surface area contributed by atoms with E-state index in [1.165, 1.54) is 12.3 Å². The highest BCUT2D eigenvalue weighted by Crippen LogP contribution is 2.15. The van der Waals surface area contributed by atoms with Crippen LogP contribution < -0.4 is 0 Å². The van der Waals surface area contributed by atoms with Crippen LogP contribution in [0.2, 0.25) is 0 Å². The fourth-order valence-corrected chi connectivity index (χ4v) is 2.95. The van der Waals surface area contributed by atoms with Crippen LogP contribution in [0.5, 0.6) is 0 Å². The van der Waals surface area contributed by atoms with E-state index in [1.54, 1.807) is 6.92 Å². The molecule has 1 atom stereocenters. The predicted molar refractivity (Wildman–Crippen MR) is 56.1 cm³/mol. The number of nitrogens with zero attached hydrogens (tertiary/aromatic N) is 1. The number of hydrogen-bond acceptors (Lipinski definition) is 3. The number of halogens is 2. The van der Waals surface area contributed by atoms with Gasteiger partial charge < -0.3 is 0 Å². The third-order valence-corrected chi connectivity index (χ3v) is 4.21. The van der Waals surface area contributed by atoms with Crippen LogP contribution in [0.25, 0.3) is 0 Å². The number of sulfone groups is 1. The topological polar surface area (TPSA) is 47.0 Å². The predicted octanol–water partition coefficient (Wildman–Crippen LogP) is 1.87. The molecule has 6 heteroatoms. The largest absolute Gasteiger partial charge is 0.242 e. The summed E-state index contributed by atoms with van der Waals surface area (Å²) in [5, 5.41) is -0.498. The third-order valence-electron chi connectivity index (χ3n) is 1.79. The van der Waals surface area contributed by atoms with Crippen LogP contribution in [0.15, 0.2) is 23.4 Å². The fraction of sp³-hybridized carbons (Fsp3) is 0.444. The summed E-state index contributed by atoms with van der Waals surface area (Å²) in [6.07, 6.45) is 1.25. The maximum absolute atomic E-state index is 13.2. The third kappa shape index (κ3) is 3.14. The number of alkyl halides is 1. The van der Waals surface area contributed by atoms with Crippen molar-refractivity contribution in [3.8, 4) is 0 Å². The standard InChI is InChI=1S/C9H11ClFNO2S/c1-7(5-10)6-15(13,14)9-8(11)3-2-4-12-9/h2-4,7H,5-6H2,1H3. The lowest BCUT2D eigenvalue weighted by molar-refractivity contribution is 0.547. The maximum atomic E-state index is 13.2. The van der Waals surface area contributed by atoms with Gasteiger partial charge in [0.15, 0.2) is 20.7 Å². The van der Waals surface area contributed by atoms with Gasteiger partial charge in [0, 0.05) is 12.1 Å². The molecule has 0 fully saturated rings. The lowest BCUT2D eigenvalue weighted by atomic mass is 10.3. The van der Waals surface area contributed by atoms with E-state index in [0.717, 1.165) is 6.07 Å². The Balaban J connectivity index is 3.02. The van der Waals surface area contributed by atoms with Gasteiger partial charge in [0.1, 0.15) is 0 Å². The van der Waals surface area contributed by atoms with Crippen LogP contribution in [0.1, 0.15) is 6.92 Å². The van der Waals surface area contributed by atoms with E-state index in [1.807, 2.05) is 0 Å². The summed E-state index contributed by atoms with van der Waals surface area (Å²) in [5.41, 5.74) is 0. The summed E-state index contributed by atoms with van der Waals surface area (Å²) in [5.74, 6) is -1.02. The molecular formula is C9H11ClFNO2S. The lowest BCUT2D eigenvalue weighted by Crippen LogP contribution is -2.17. The van der Waals surface area contributed by atoms with Crippen LogP contribution in [0, 0.1) is 11.7 Å². The van der Waals surface area contributed by atoms with Gasteiger partial charge in [-0.25, -0.2) is 17.8 Å². The molecule has 0 aromatic carbocycles. The number of rotatable bonds is 4. The van der Waals surface area contributed by atoms with Gasteiger partial charge in [-0.05, 0) is 18.1 Å². The van der Waals surface area contributed by atoms with Gasteiger partial charge in [-0.2, -0.15) is 0 Å². The van der Waals surface area contributed by atoms with E-state index >= 15 is 0 Å². The molecule has 0 aliphatic rings. The first-order valence-electron chi connectivity index (χ1n) is 4.36. The minimum Gasteiger partial charge on any atom is -0.242 e. The summed E-state index contributed by atoms with van der Waals surface area (Å²) >= 11 is 5.51. The Kier molecular flexibility index (Phi) is 4.04. The summed E-state index contributed by atoms with van der Waals surface area (Å²) in [6.45, 7) is 1.69. The van der Waals surface area contributed by atoms with Gasteiger partial charge >= 0.3 is 0 Å². The van der Waals surface area contributed by atoms with Crippen LogP contribution in [0.4, 0.5) is 4.39 Å². The quantitative estimate of drug-likeness (QED) is 0.768. The lowest BCUT2D eigenvalue weighted by Gasteiger charge is -2.08. The highest BCUT2D eigenvalue weighted by molar-refractivity contribution is 7.91. The molecule has 0 N–H and O–H groups in total. The van der Waals surface area contributed by atoms with Crippen molar-refractivity contribution in [2.75, 3.05) is 11.6 Å². The van der Waals surface area contributed by atoms with Gasteiger partial charge in [-0.1, -0.05) is 6.92 Å². The van der Waals surface area contributed by atoms with Gasteiger partial charge in [-0.15, -0.1) is 11.6 Å². The highest BCUT2D eigenvalue weighted by atomic mass is 35.5. The van der Waals surface area contributed by atoms with Crippen molar-refractivity contribution in [2.24, 2.45) is 5.92 Å². The Bertz CT molecular complexity index is 435. The van der Waals surface area contributed by atoms with Gasteiger partial charge in [0.25, 0.3) is 0 Å². The van der Waals surface area contributed by atoms with Gasteiger partial charge in [0.05, 0.1) is 5.75 Å². The molecule has 0 bridgehead atoms. The maximum Gasteiger partial charge on any atom is 0.198 e. The molecule has 0 saturated heterocycles. The van der Waals surface area contributed by atoms with Crippen molar-refractivity contribution < 1.29 is 12.8 Å². The van der Waals surface area contributed by atoms with Crippen molar-refractivity contribution in [3.63, 3.8) is 0 Å². The highest BCUT2D eigenvalue weighted by Gasteiger charge is 2.22. The summed E-state index contributed by atoms with van der Waals surface area (Å²) in [4.78, 5) is 3.53. The van der Waals surface area contributed by atoms with Crippen LogP contribution in [-0.2, 0) is 9.84 Å². The van der Waals surface area contributed by atoms with Crippen molar-refractivity contribution in [1.82, 2.24) is 4.98 Å². The summed E-state index contributed by atoms with van der Waals surface area (Å²) in [6, 6.07) is 2.42. The second kappa shape index (κ2) is 4.90. The first-order valence-corrected chi connectivity index (χ1v) is 6.55. The van der Waals surface area contributed by atoms with E-state index in [2.05, 4.69) is 4.98 Å². The normalized spacial score (nSPS) is 13.8. The summed E-state index contributed by atoms with van der Waals surface area (Å²) in [7, 11) is -3.67. The molecule has 0 aliphatic heterocycles.